The van der Waals surface area contributed by atoms with Crippen molar-refractivity contribution in [3.05, 3.63) is 29.0 Å². The number of unbranched alkanes of at least 4 members (excludes halogenated alkanes) is 1. The first kappa shape index (κ1) is 30.1. The van der Waals surface area contributed by atoms with Crippen molar-refractivity contribution >= 4 is 34.2 Å². The fourth-order valence-electron chi connectivity index (χ4n) is 4.23. The summed E-state index contributed by atoms with van der Waals surface area (Å²) in [5, 5.41) is 0.683. The lowest BCUT2D eigenvalue weighted by molar-refractivity contribution is -0.00532. The minimum absolute atomic E-state index is 0.378. The molecule has 1 saturated heterocycles. The van der Waals surface area contributed by atoms with E-state index in [2.05, 4.69) is 25.3 Å². The molecule has 0 unspecified atom stereocenters. The minimum atomic E-state index is 0.378. The number of alkyl halides is 1. The van der Waals surface area contributed by atoms with Gasteiger partial charge >= 0.3 is 0 Å². The number of halogens is 2. The smallest absolute Gasteiger partial charge is 0.124 e. The number of imidazole rings is 1. The van der Waals surface area contributed by atoms with Crippen molar-refractivity contribution in [2.45, 2.75) is 25.3 Å². The van der Waals surface area contributed by atoms with E-state index in [-0.39, 0.29) is 0 Å². The van der Waals surface area contributed by atoms with Crippen molar-refractivity contribution in [3.63, 3.8) is 0 Å². The van der Waals surface area contributed by atoms with Gasteiger partial charge in [0.05, 0.1) is 69.7 Å². The average molecular weight is 556 g/mol. The lowest BCUT2D eigenvalue weighted by Crippen LogP contribution is -2.47. The van der Waals surface area contributed by atoms with E-state index in [9.17, 15) is 0 Å². The zero-order valence-electron chi connectivity index (χ0n) is 21.7. The van der Waals surface area contributed by atoms with Crippen molar-refractivity contribution in [2.24, 2.45) is 0 Å². The first-order chi connectivity index (χ1) is 18.2. The quantitative estimate of drug-likeness (QED) is 0.149. The summed E-state index contributed by atoms with van der Waals surface area (Å²) < 4.78 is 24.7. The molecule has 2 heterocycles. The molecule has 0 N–H and O–H groups in total. The van der Waals surface area contributed by atoms with Gasteiger partial charge in [-0.05, 0) is 31.0 Å². The number of aromatic nitrogens is 2. The first-order valence-corrected chi connectivity index (χ1v) is 14.0. The Kier molecular flexibility index (Phi) is 14.6. The lowest BCUT2D eigenvalue weighted by Gasteiger charge is -2.33. The van der Waals surface area contributed by atoms with Crippen LogP contribution in [0.3, 0.4) is 0 Å². The van der Waals surface area contributed by atoms with Gasteiger partial charge in [0.25, 0.3) is 0 Å². The van der Waals surface area contributed by atoms with Crippen molar-refractivity contribution in [1.29, 1.82) is 0 Å². The minimum Gasteiger partial charge on any atom is -0.379 e. The SMILES string of the molecule is C#CCN1CCN(CCOCCOCCOCCOCCCCn2c(CCl)nc3cc(Cl)ccc32)CC1. The Hall–Kier alpha value is -1.41. The zero-order chi connectivity index (χ0) is 26.1. The van der Waals surface area contributed by atoms with Crippen LogP contribution in [0.15, 0.2) is 18.2 Å². The molecule has 0 bridgehead atoms. The van der Waals surface area contributed by atoms with E-state index in [0.29, 0.717) is 57.2 Å². The van der Waals surface area contributed by atoms with Crippen molar-refractivity contribution in [2.75, 3.05) is 92.1 Å². The van der Waals surface area contributed by atoms with Gasteiger partial charge in [0.1, 0.15) is 5.82 Å². The second kappa shape index (κ2) is 18.0. The Bertz CT molecular complexity index is 944. The van der Waals surface area contributed by atoms with E-state index in [1.807, 2.05) is 18.2 Å². The van der Waals surface area contributed by atoms with E-state index >= 15 is 0 Å². The van der Waals surface area contributed by atoms with Gasteiger partial charge in [-0.25, -0.2) is 4.98 Å². The van der Waals surface area contributed by atoms with Gasteiger partial charge in [-0.3, -0.25) is 9.80 Å². The lowest BCUT2D eigenvalue weighted by atomic mass is 10.3. The van der Waals surface area contributed by atoms with Gasteiger partial charge in [-0.15, -0.1) is 18.0 Å². The summed E-state index contributed by atoms with van der Waals surface area (Å²) in [7, 11) is 0. The summed E-state index contributed by atoms with van der Waals surface area (Å²) in [6.45, 7) is 11.6. The zero-order valence-corrected chi connectivity index (χ0v) is 23.2. The number of rotatable bonds is 19. The molecule has 0 atom stereocenters. The van der Waals surface area contributed by atoms with Crippen molar-refractivity contribution < 1.29 is 18.9 Å². The van der Waals surface area contributed by atoms with Gasteiger partial charge in [-0.1, -0.05) is 17.5 Å². The molecule has 10 heteroatoms. The Morgan fingerprint density at radius 3 is 2.08 bits per heavy atom. The van der Waals surface area contributed by atoms with Gasteiger partial charge in [0, 0.05) is 50.9 Å². The number of terminal acetylenes is 1. The Labute approximate surface area is 231 Å². The molecule has 37 heavy (non-hydrogen) atoms. The molecule has 1 aromatic heterocycles. The van der Waals surface area contributed by atoms with E-state index in [1.54, 1.807) is 0 Å². The maximum absolute atomic E-state index is 6.08. The molecule has 3 rings (SSSR count). The van der Waals surface area contributed by atoms with Gasteiger partial charge in [-0.2, -0.15) is 0 Å². The van der Waals surface area contributed by atoms with Crippen LogP contribution in [0.2, 0.25) is 5.02 Å². The molecule has 206 valence electrons. The highest BCUT2D eigenvalue weighted by atomic mass is 35.5. The molecule has 2 aromatic rings. The first-order valence-electron chi connectivity index (χ1n) is 13.1. The van der Waals surface area contributed by atoms with Crippen molar-refractivity contribution in [1.82, 2.24) is 19.4 Å². The monoisotopic (exact) mass is 554 g/mol. The standard InChI is InChI=1S/C27H40Cl2N4O4/c1-2-7-31-9-11-32(12-10-31)13-15-35-17-19-37-21-20-36-18-16-34-14-4-3-8-33-26-6-5-24(29)22-25(26)30-27(33)23-28/h1,5-6,22H,3-4,7-21,23H2. The van der Waals surface area contributed by atoms with Gasteiger partial charge in [0.2, 0.25) is 0 Å². The Balaban J connectivity index is 1.08. The molecular formula is C27H40Cl2N4O4. The third-order valence-corrected chi connectivity index (χ3v) is 6.75. The number of nitrogens with zero attached hydrogens (tertiary/aromatic N) is 4. The maximum Gasteiger partial charge on any atom is 0.124 e. The van der Waals surface area contributed by atoms with Crippen LogP contribution >= 0.6 is 23.2 Å². The van der Waals surface area contributed by atoms with Crippen LogP contribution in [0.25, 0.3) is 11.0 Å². The molecule has 1 aliphatic heterocycles. The summed E-state index contributed by atoms with van der Waals surface area (Å²) >= 11 is 12.2. The fraction of sp³-hybridized carbons (Fsp3) is 0.667. The molecular weight excluding hydrogens is 515 g/mol. The van der Waals surface area contributed by atoms with Gasteiger partial charge in [0.15, 0.2) is 0 Å². The van der Waals surface area contributed by atoms with Crippen LogP contribution in [0, 0.1) is 12.3 Å². The molecule has 8 nitrogen and oxygen atoms in total. The number of aryl methyl sites for hydroxylation is 1. The molecule has 1 fully saturated rings. The number of piperazine rings is 1. The number of ether oxygens (including phenoxy) is 4. The molecule has 1 aliphatic rings. The molecule has 0 aliphatic carbocycles. The number of fused-ring (bicyclic) bond motifs is 1. The van der Waals surface area contributed by atoms with Crippen molar-refractivity contribution in [3.8, 4) is 12.3 Å². The molecule has 1 aromatic carbocycles. The summed E-state index contributed by atoms with van der Waals surface area (Å²) in [6, 6.07) is 5.76. The van der Waals surface area contributed by atoms with Crippen LogP contribution in [-0.2, 0) is 31.4 Å². The highest BCUT2D eigenvalue weighted by molar-refractivity contribution is 6.31. The van der Waals surface area contributed by atoms with E-state index in [4.69, 9.17) is 48.6 Å². The highest BCUT2D eigenvalue weighted by Crippen LogP contribution is 2.22. The summed E-state index contributed by atoms with van der Waals surface area (Å²) in [5.41, 5.74) is 1.95. The molecule has 0 amide bonds. The van der Waals surface area contributed by atoms with Crippen LogP contribution in [0.5, 0.6) is 0 Å². The summed E-state index contributed by atoms with van der Waals surface area (Å²) in [6.07, 6.45) is 7.31. The van der Waals surface area contributed by atoms with Crippen LogP contribution in [0.4, 0.5) is 0 Å². The maximum atomic E-state index is 6.08. The van der Waals surface area contributed by atoms with Crippen LogP contribution in [-0.4, -0.2) is 111 Å². The highest BCUT2D eigenvalue weighted by Gasteiger charge is 2.15. The second-order valence-corrected chi connectivity index (χ2v) is 9.63. The number of benzene rings is 1. The summed E-state index contributed by atoms with van der Waals surface area (Å²) in [4.78, 5) is 9.30. The molecule has 0 saturated carbocycles. The fourth-order valence-corrected chi connectivity index (χ4v) is 4.60. The van der Waals surface area contributed by atoms with Crippen LogP contribution in [0.1, 0.15) is 18.7 Å². The predicted molar refractivity (Wildman–Crippen MR) is 149 cm³/mol. The van der Waals surface area contributed by atoms with E-state index < -0.39 is 0 Å². The van der Waals surface area contributed by atoms with Gasteiger partial charge < -0.3 is 23.5 Å². The molecule has 0 radical (unpaired) electrons. The Morgan fingerprint density at radius 2 is 1.43 bits per heavy atom. The second-order valence-electron chi connectivity index (χ2n) is 8.92. The third kappa shape index (κ3) is 11.1. The average Bonchev–Trinajstić information content (AvgIpc) is 3.26. The van der Waals surface area contributed by atoms with E-state index in [0.717, 1.165) is 82.1 Å². The van der Waals surface area contributed by atoms with E-state index in [1.165, 1.54) is 0 Å². The summed E-state index contributed by atoms with van der Waals surface area (Å²) in [5.74, 6) is 3.96. The number of hydrogen-bond acceptors (Lipinski definition) is 7. The largest absolute Gasteiger partial charge is 0.379 e. The topological polar surface area (TPSA) is 61.2 Å². The molecule has 0 spiro atoms. The van der Waals surface area contributed by atoms with Crippen LogP contribution < -0.4 is 0 Å². The predicted octanol–water partition coefficient (Wildman–Crippen LogP) is 3.53. The Morgan fingerprint density at radius 1 is 0.811 bits per heavy atom. The third-order valence-electron chi connectivity index (χ3n) is 6.28. The number of hydrogen-bond donors (Lipinski definition) is 0. The normalized spacial score (nSPS) is 14.9.